The highest BCUT2D eigenvalue weighted by atomic mass is 19.1. The summed E-state index contributed by atoms with van der Waals surface area (Å²) in [6.07, 6.45) is 0.0568. The molecule has 1 aromatic heterocycles. The molecule has 3 aromatic rings. The summed E-state index contributed by atoms with van der Waals surface area (Å²) in [4.78, 5) is 0. The molecule has 0 saturated carbocycles. The largest absolute Gasteiger partial charge is 0.382 e. The Kier molecular flexibility index (Phi) is 3.45. The Hall–Kier alpha value is -2.60. The second kappa shape index (κ2) is 5.41. The Morgan fingerprint density at radius 1 is 1.05 bits per heavy atom. The highest BCUT2D eigenvalue weighted by molar-refractivity contribution is 5.35. The zero-order valence-corrected chi connectivity index (χ0v) is 10.8. The predicted molar refractivity (Wildman–Crippen MR) is 71.8 cm³/mol. The SMILES string of the molecule is OC(c1ccc(F)cc1F)c1cnnn1-c1ccccc1. The van der Waals surface area contributed by atoms with Crippen molar-refractivity contribution in [1.82, 2.24) is 15.0 Å². The number of aromatic nitrogens is 3. The fraction of sp³-hybridized carbons (Fsp3) is 0.0667. The van der Waals surface area contributed by atoms with Crippen LogP contribution in [0.25, 0.3) is 5.69 Å². The van der Waals surface area contributed by atoms with Crippen molar-refractivity contribution >= 4 is 0 Å². The topological polar surface area (TPSA) is 50.9 Å². The van der Waals surface area contributed by atoms with E-state index in [2.05, 4.69) is 10.3 Å². The summed E-state index contributed by atoms with van der Waals surface area (Å²) in [7, 11) is 0. The van der Waals surface area contributed by atoms with Gasteiger partial charge in [0.15, 0.2) is 0 Å². The normalized spacial score (nSPS) is 12.3. The van der Waals surface area contributed by atoms with Crippen molar-refractivity contribution in [2.45, 2.75) is 6.10 Å². The molecule has 0 bridgehead atoms. The molecule has 4 nitrogen and oxygen atoms in total. The maximum Gasteiger partial charge on any atom is 0.132 e. The van der Waals surface area contributed by atoms with Gasteiger partial charge in [0.2, 0.25) is 0 Å². The van der Waals surface area contributed by atoms with Crippen LogP contribution in [0.4, 0.5) is 8.78 Å². The monoisotopic (exact) mass is 287 g/mol. The fourth-order valence-corrected chi connectivity index (χ4v) is 2.08. The van der Waals surface area contributed by atoms with E-state index in [0.29, 0.717) is 11.4 Å². The molecule has 0 aliphatic rings. The maximum absolute atomic E-state index is 13.8. The van der Waals surface area contributed by atoms with Crippen LogP contribution in [0.15, 0.2) is 54.7 Å². The Bertz CT molecular complexity index is 759. The van der Waals surface area contributed by atoms with E-state index < -0.39 is 17.7 Å². The molecule has 0 saturated heterocycles. The molecule has 1 unspecified atom stereocenters. The molecule has 0 spiro atoms. The van der Waals surface area contributed by atoms with Gasteiger partial charge in [0.25, 0.3) is 0 Å². The van der Waals surface area contributed by atoms with Crippen LogP contribution >= 0.6 is 0 Å². The van der Waals surface area contributed by atoms with Gasteiger partial charge < -0.3 is 5.11 Å². The van der Waals surface area contributed by atoms with Gasteiger partial charge in [-0.3, -0.25) is 0 Å². The summed E-state index contributed by atoms with van der Waals surface area (Å²) in [6, 6.07) is 12.1. The Balaban J connectivity index is 2.03. The van der Waals surface area contributed by atoms with Gasteiger partial charge in [-0.25, -0.2) is 13.5 Å². The molecule has 1 heterocycles. The van der Waals surface area contributed by atoms with Gasteiger partial charge in [0, 0.05) is 11.6 Å². The molecular formula is C15H11F2N3O. The molecule has 1 N–H and O–H groups in total. The highest BCUT2D eigenvalue weighted by Gasteiger charge is 2.20. The molecule has 0 radical (unpaired) electrons. The number of benzene rings is 2. The van der Waals surface area contributed by atoms with Crippen molar-refractivity contribution < 1.29 is 13.9 Å². The molecule has 6 heteroatoms. The van der Waals surface area contributed by atoms with Crippen molar-refractivity contribution in [1.29, 1.82) is 0 Å². The first-order chi connectivity index (χ1) is 10.2. The first-order valence-corrected chi connectivity index (χ1v) is 6.26. The van der Waals surface area contributed by atoms with E-state index in [1.165, 1.54) is 16.9 Å². The summed E-state index contributed by atoms with van der Waals surface area (Å²) >= 11 is 0. The third kappa shape index (κ3) is 2.53. The van der Waals surface area contributed by atoms with Gasteiger partial charge in [-0.1, -0.05) is 29.5 Å². The number of rotatable bonds is 3. The third-order valence-electron chi connectivity index (χ3n) is 3.11. The van der Waals surface area contributed by atoms with Crippen molar-refractivity contribution in [3.63, 3.8) is 0 Å². The van der Waals surface area contributed by atoms with E-state index in [0.717, 1.165) is 12.1 Å². The van der Waals surface area contributed by atoms with E-state index >= 15 is 0 Å². The molecule has 106 valence electrons. The fourth-order valence-electron chi connectivity index (χ4n) is 2.08. The van der Waals surface area contributed by atoms with Crippen molar-refractivity contribution in [3.05, 3.63) is 77.6 Å². The van der Waals surface area contributed by atoms with Crippen LogP contribution in [0.5, 0.6) is 0 Å². The second-order valence-electron chi connectivity index (χ2n) is 4.47. The summed E-state index contributed by atoms with van der Waals surface area (Å²) < 4.78 is 28.1. The number of halogens is 2. The molecule has 0 aliphatic heterocycles. The predicted octanol–water partition coefficient (Wildman–Crippen LogP) is 2.63. The number of hydrogen-bond acceptors (Lipinski definition) is 3. The van der Waals surface area contributed by atoms with Crippen molar-refractivity contribution in [3.8, 4) is 5.69 Å². The number of nitrogens with zero attached hydrogens (tertiary/aromatic N) is 3. The number of para-hydroxylation sites is 1. The lowest BCUT2D eigenvalue weighted by Gasteiger charge is -2.13. The molecule has 0 aliphatic carbocycles. The Morgan fingerprint density at radius 3 is 2.52 bits per heavy atom. The zero-order valence-electron chi connectivity index (χ0n) is 10.8. The standard InChI is InChI=1S/C15H11F2N3O/c16-10-6-7-12(13(17)8-10)15(21)14-9-18-19-20(14)11-4-2-1-3-5-11/h1-9,15,21H. The van der Waals surface area contributed by atoms with Crippen molar-refractivity contribution in [2.75, 3.05) is 0 Å². The lowest BCUT2D eigenvalue weighted by atomic mass is 10.1. The average molecular weight is 287 g/mol. The van der Waals surface area contributed by atoms with Gasteiger partial charge in [0.05, 0.1) is 17.6 Å². The molecule has 0 fully saturated rings. The second-order valence-corrected chi connectivity index (χ2v) is 4.47. The van der Waals surface area contributed by atoms with Crippen LogP contribution in [0.2, 0.25) is 0 Å². The van der Waals surface area contributed by atoms with Gasteiger partial charge in [0.1, 0.15) is 17.7 Å². The van der Waals surface area contributed by atoms with Gasteiger partial charge in [-0.05, 0) is 18.2 Å². The minimum Gasteiger partial charge on any atom is -0.382 e. The summed E-state index contributed by atoms with van der Waals surface area (Å²) in [5.41, 5.74) is 0.953. The molecule has 2 aromatic carbocycles. The lowest BCUT2D eigenvalue weighted by molar-refractivity contribution is 0.206. The first kappa shape index (κ1) is 13.4. The van der Waals surface area contributed by atoms with Crippen LogP contribution in [0.1, 0.15) is 17.4 Å². The van der Waals surface area contributed by atoms with E-state index in [1.54, 1.807) is 12.1 Å². The van der Waals surface area contributed by atoms with Crippen LogP contribution in [-0.4, -0.2) is 20.1 Å². The van der Waals surface area contributed by atoms with Crippen LogP contribution < -0.4 is 0 Å². The van der Waals surface area contributed by atoms with Crippen LogP contribution in [-0.2, 0) is 0 Å². The minimum atomic E-state index is -1.29. The zero-order chi connectivity index (χ0) is 14.8. The van der Waals surface area contributed by atoms with Gasteiger partial charge >= 0.3 is 0 Å². The lowest BCUT2D eigenvalue weighted by Crippen LogP contribution is -2.10. The van der Waals surface area contributed by atoms with Gasteiger partial charge in [-0.2, -0.15) is 0 Å². The quantitative estimate of drug-likeness (QED) is 0.805. The average Bonchev–Trinajstić information content (AvgIpc) is 2.97. The van der Waals surface area contributed by atoms with E-state index in [-0.39, 0.29) is 5.56 Å². The molecule has 1 atom stereocenters. The number of hydrogen-bond donors (Lipinski definition) is 1. The van der Waals surface area contributed by atoms with E-state index in [9.17, 15) is 13.9 Å². The molecular weight excluding hydrogens is 276 g/mol. The maximum atomic E-state index is 13.8. The molecule has 21 heavy (non-hydrogen) atoms. The summed E-state index contributed by atoms with van der Waals surface area (Å²) in [5, 5.41) is 18.0. The van der Waals surface area contributed by atoms with E-state index in [4.69, 9.17) is 0 Å². The summed E-state index contributed by atoms with van der Waals surface area (Å²) in [6.45, 7) is 0. The first-order valence-electron chi connectivity index (χ1n) is 6.26. The van der Waals surface area contributed by atoms with Crippen LogP contribution in [0.3, 0.4) is 0 Å². The number of aliphatic hydroxyl groups is 1. The van der Waals surface area contributed by atoms with Crippen molar-refractivity contribution in [2.24, 2.45) is 0 Å². The Morgan fingerprint density at radius 2 is 1.81 bits per heavy atom. The minimum absolute atomic E-state index is 0.0316. The molecule has 0 amide bonds. The third-order valence-corrected chi connectivity index (χ3v) is 3.11. The molecule has 3 rings (SSSR count). The smallest absolute Gasteiger partial charge is 0.132 e. The van der Waals surface area contributed by atoms with Crippen LogP contribution in [0, 0.1) is 11.6 Å². The number of aliphatic hydroxyl groups excluding tert-OH is 1. The Labute approximate surface area is 119 Å². The highest BCUT2D eigenvalue weighted by Crippen LogP contribution is 2.25. The van der Waals surface area contributed by atoms with E-state index in [1.807, 2.05) is 18.2 Å². The van der Waals surface area contributed by atoms with Gasteiger partial charge in [-0.15, -0.1) is 5.10 Å². The summed E-state index contributed by atoms with van der Waals surface area (Å²) in [5.74, 6) is -1.51.